The Labute approximate surface area is 172 Å². The first-order valence-corrected chi connectivity index (χ1v) is 9.92. The van der Waals surface area contributed by atoms with Crippen molar-refractivity contribution < 1.29 is 28.3 Å². The fourth-order valence-corrected chi connectivity index (χ4v) is 4.15. The predicted molar refractivity (Wildman–Crippen MR) is 104 cm³/mol. The minimum atomic E-state index is -1.06. The summed E-state index contributed by atoms with van der Waals surface area (Å²) in [4.78, 5) is 54.1. The maximum Gasteiger partial charge on any atom is 0.262 e. The summed E-state index contributed by atoms with van der Waals surface area (Å²) in [5, 5.41) is 2.15. The van der Waals surface area contributed by atoms with Crippen LogP contribution < -0.4 is 10.2 Å². The minimum absolute atomic E-state index is 0.0385. The van der Waals surface area contributed by atoms with Gasteiger partial charge in [-0.25, -0.2) is 4.39 Å². The van der Waals surface area contributed by atoms with Gasteiger partial charge in [-0.05, 0) is 18.6 Å². The molecular weight excluding hydrogens is 395 g/mol. The van der Waals surface area contributed by atoms with Gasteiger partial charge in [0.05, 0.1) is 23.4 Å². The number of fused-ring (bicyclic) bond motifs is 1. The zero-order chi connectivity index (χ0) is 21.4. The largest absolute Gasteiger partial charge is 0.383 e. The first-order valence-electron chi connectivity index (χ1n) is 9.92. The molecule has 0 saturated carbocycles. The highest BCUT2D eigenvalue weighted by Gasteiger charge is 2.45. The first kappa shape index (κ1) is 20.4. The third-order valence-corrected chi connectivity index (χ3v) is 5.83. The predicted octanol–water partition coefficient (Wildman–Crippen LogP) is -0.00470. The maximum atomic E-state index is 14.8. The van der Waals surface area contributed by atoms with Gasteiger partial charge < -0.3 is 9.64 Å². The number of imide groups is 2. The van der Waals surface area contributed by atoms with Gasteiger partial charge in [0.25, 0.3) is 11.8 Å². The van der Waals surface area contributed by atoms with Crippen LogP contribution in [0.2, 0.25) is 0 Å². The van der Waals surface area contributed by atoms with Crippen molar-refractivity contribution in [3.63, 3.8) is 0 Å². The average Bonchev–Trinajstić information content (AvgIpc) is 2.96. The summed E-state index contributed by atoms with van der Waals surface area (Å²) >= 11 is 0. The van der Waals surface area contributed by atoms with Gasteiger partial charge in [0, 0.05) is 46.3 Å². The average molecular weight is 418 g/mol. The van der Waals surface area contributed by atoms with Gasteiger partial charge in [0.1, 0.15) is 11.9 Å². The number of rotatable bonds is 5. The summed E-state index contributed by atoms with van der Waals surface area (Å²) in [5.74, 6) is -3.05. The summed E-state index contributed by atoms with van der Waals surface area (Å²) in [6.45, 7) is 4.05. The number of hydrogen-bond acceptors (Lipinski definition) is 7. The number of nitrogens with one attached hydrogen (secondary N) is 1. The molecule has 0 aromatic heterocycles. The van der Waals surface area contributed by atoms with E-state index >= 15 is 0 Å². The quantitative estimate of drug-likeness (QED) is 0.672. The topological polar surface area (TPSA) is 99.3 Å². The molecule has 4 amide bonds. The zero-order valence-electron chi connectivity index (χ0n) is 16.6. The number of anilines is 1. The van der Waals surface area contributed by atoms with Crippen molar-refractivity contribution in [2.45, 2.75) is 18.9 Å². The normalized spacial score (nSPS) is 22.5. The van der Waals surface area contributed by atoms with Gasteiger partial charge in [-0.3, -0.25) is 34.3 Å². The van der Waals surface area contributed by atoms with Crippen molar-refractivity contribution >= 4 is 29.3 Å². The lowest BCUT2D eigenvalue weighted by Gasteiger charge is -2.36. The number of halogens is 1. The van der Waals surface area contributed by atoms with Gasteiger partial charge >= 0.3 is 0 Å². The molecule has 0 bridgehead atoms. The van der Waals surface area contributed by atoms with Crippen molar-refractivity contribution in [2.75, 3.05) is 51.3 Å². The zero-order valence-corrected chi connectivity index (χ0v) is 16.6. The Hall–Kier alpha value is -2.85. The molecule has 1 unspecified atom stereocenters. The van der Waals surface area contributed by atoms with E-state index in [1.165, 1.54) is 6.07 Å². The van der Waals surface area contributed by atoms with Crippen LogP contribution in [-0.2, 0) is 14.3 Å². The molecular formula is C20H23FN4O5. The molecule has 1 N–H and O–H groups in total. The van der Waals surface area contributed by atoms with E-state index in [1.54, 1.807) is 7.11 Å². The molecule has 1 aromatic rings. The maximum absolute atomic E-state index is 14.8. The van der Waals surface area contributed by atoms with E-state index in [0.717, 1.165) is 30.6 Å². The standard InChI is InChI=1S/C20H23FN4O5/c1-30-9-8-23-4-6-24(7-5-23)16-11-13-12(10-14(16)21)19(28)25(20(13)29)15-2-3-17(26)22-18(15)27/h10-11,15H,2-9H2,1H3,(H,22,26,27). The molecule has 30 heavy (non-hydrogen) atoms. The number of ether oxygens (including phenoxy) is 1. The molecule has 0 spiro atoms. The lowest BCUT2D eigenvalue weighted by Crippen LogP contribution is -2.54. The van der Waals surface area contributed by atoms with Crippen LogP contribution in [0.15, 0.2) is 12.1 Å². The fourth-order valence-electron chi connectivity index (χ4n) is 4.15. The van der Waals surface area contributed by atoms with E-state index < -0.39 is 35.5 Å². The van der Waals surface area contributed by atoms with Gasteiger partial charge in [0.15, 0.2) is 0 Å². The molecule has 10 heteroatoms. The number of carbonyl (C=O) groups is 4. The highest BCUT2D eigenvalue weighted by molar-refractivity contribution is 6.23. The molecule has 160 valence electrons. The Balaban J connectivity index is 1.54. The molecule has 1 aromatic carbocycles. The third-order valence-electron chi connectivity index (χ3n) is 5.83. The fraction of sp³-hybridized carbons (Fsp3) is 0.500. The van der Waals surface area contributed by atoms with E-state index in [0.29, 0.717) is 19.7 Å². The SMILES string of the molecule is COCCN1CCN(c2cc3c(cc2F)C(=O)N(C2CCC(=O)NC2=O)C3=O)CC1. The van der Waals surface area contributed by atoms with Crippen LogP contribution in [0.3, 0.4) is 0 Å². The van der Waals surface area contributed by atoms with E-state index in [-0.39, 0.29) is 29.7 Å². The van der Waals surface area contributed by atoms with Crippen LogP contribution in [0, 0.1) is 5.82 Å². The van der Waals surface area contributed by atoms with Crippen molar-refractivity contribution in [1.29, 1.82) is 0 Å². The second-order valence-corrected chi connectivity index (χ2v) is 7.62. The van der Waals surface area contributed by atoms with Gasteiger partial charge in [-0.15, -0.1) is 0 Å². The number of benzene rings is 1. The Morgan fingerprint density at radius 1 is 1.07 bits per heavy atom. The molecule has 0 aliphatic carbocycles. The number of amides is 4. The smallest absolute Gasteiger partial charge is 0.262 e. The Bertz CT molecular complexity index is 913. The molecule has 0 radical (unpaired) electrons. The molecule has 3 aliphatic heterocycles. The summed E-state index contributed by atoms with van der Waals surface area (Å²) in [6.07, 6.45) is 0.103. The summed E-state index contributed by atoms with van der Waals surface area (Å²) < 4.78 is 19.9. The number of hydrogen-bond donors (Lipinski definition) is 1. The van der Waals surface area contributed by atoms with Crippen molar-refractivity contribution in [3.8, 4) is 0 Å². The minimum Gasteiger partial charge on any atom is -0.383 e. The summed E-state index contributed by atoms with van der Waals surface area (Å²) in [6, 6.07) is 1.42. The monoisotopic (exact) mass is 418 g/mol. The number of piperidine rings is 1. The Kier molecular flexibility index (Phi) is 5.52. The number of methoxy groups -OCH3 is 1. The van der Waals surface area contributed by atoms with Crippen molar-refractivity contribution in [3.05, 3.63) is 29.1 Å². The molecule has 3 aliphatic rings. The number of nitrogens with zero attached hydrogens (tertiary/aromatic N) is 3. The van der Waals surface area contributed by atoms with Crippen LogP contribution in [0.25, 0.3) is 0 Å². The van der Waals surface area contributed by atoms with E-state index in [4.69, 9.17) is 4.74 Å². The van der Waals surface area contributed by atoms with E-state index in [1.807, 2.05) is 4.90 Å². The summed E-state index contributed by atoms with van der Waals surface area (Å²) in [5.41, 5.74) is 0.305. The second kappa shape index (κ2) is 8.11. The van der Waals surface area contributed by atoms with Gasteiger partial charge in [-0.2, -0.15) is 0 Å². The Morgan fingerprint density at radius 2 is 1.73 bits per heavy atom. The van der Waals surface area contributed by atoms with E-state index in [2.05, 4.69) is 10.2 Å². The third kappa shape index (κ3) is 3.56. The second-order valence-electron chi connectivity index (χ2n) is 7.62. The highest BCUT2D eigenvalue weighted by Crippen LogP contribution is 2.33. The van der Waals surface area contributed by atoms with Gasteiger partial charge in [0.2, 0.25) is 11.8 Å². The molecule has 3 heterocycles. The lowest BCUT2D eigenvalue weighted by atomic mass is 10.0. The van der Waals surface area contributed by atoms with Crippen LogP contribution in [0.1, 0.15) is 33.6 Å². The lowest BCUT2D eigenvalue weighted by molar-refractivity contribution is -0.136. The van der Waals surface area contributed by atoms with Crippen molar-refractivity contribution in [2.24, 2.45) is 0 Å². The number of carbonyl (C=O) groups excluding carboxylic acids is 4. The molecule has 1 atom stereocenters. The molecule has 2 saturated heterocycles. The van der Waals surface area contributed by atoms with Crippen molar-refractivity contribution in [1.82, 2.24) is 15.1 Å². The van der Waals surface area contributed by atoms with E-state index in [9.17, 15) is 23.6 Å². The number of piperazine rings is 1. The van der Waals surface area contributed by atoms with Crippen LogP contribution in [-0.4, -0.2) is 85.9 Å². The first-order chi connectivity index (χ1) is 14.4. The van der Waals surface area contributed by atoms with Crippen LogP contribution >= 0.6 is 0 Å². The molecule has 2 fully saturated rings. The van der Waals surface area contributed by atoms with Gasteiger partial charge in [-0.1, -0.05) is 0 Å². The summed E-state index contributed by atoms with van der Waals surface area (Å²) in [7, 11) is 1.65. The van der Waals surface area contributed by atoms with Crippen LogP contribution in [0.4, 0.5) is 10.1 Å². The highest BCUT2D eigenvalue weighted by atomic mass is 19.1. The Morgan fingerprint density at radius 3 is 2.37 bits per heavy atom. The van der Waals surface area contributed by atoms with Crippen LogP contribution in [0.5, 0.6) is 0 Å². The molecule has 9 nitrogen and oxygen atoms in total. The molecule has 4 rings (SSSR count).